The fourth-order valence-corrected chi connectivity index (χ4v) is 2.31. The Labute approximate surface area is 79.2 Å². The summed E-state index contributed by atoms with van der Waals surface area (Å²) in [5, 5.41) is 2.08. The standard InChI is InChI=1S/C7H9BrS2/c1-7(2,9)6-3-5(8)4-10-6/h3-4,9H,1-2H3. The average molecular weight is 237 g/mol. The van der Waals surface area contributed by atoms with Crippen LogP contribution in [0.2, 0.25) is 0 Å². The van der Waals surface area contributed by atoms with Gasteiger partial charge in [-0.1, -0.05) is 0 Å². The average Bonchev–Trinajstić information content (AvgIpc) is 2.11. The molecule has 56 valence electrons. The van der Waals surface area contributed by atoms with E-state index in [1.165, 1.54) is 4.88 Å². The van der Waals surface area contributed by atoms with Crippen molar-refractivity contribution in [2.75, 3.05) is 0 Å². The summed E-state index contributed by atoms with van der Waals surface area (Å²) in [5.74, 6) is 0. The Morgan fingerprint density at radius 2 is 2.20 bits per heavy atom. The normalized spacial score (nSPS) is 12.0. The lowest BCUT2D eigenvalue weighted by molar-refractivity contribution is 0.811. The first-order valence-corrected chi connectivity index (χ1v) is 5.09. The maximum atomic E-state index is 4.45. The maximum Gasteiger partial charge on any atom is 0.0415 e. The van der Waals surface area contributed by atoms with Gasteiger partial charge in [-0.2, -0.15) is 12.6 Å². The highest BCUT2D eigenvalue weighted by atomic mass is 79.9. The summed E-state index contributed by atoms with van der Waals surface area (Å²) >= 11 is 9.58. The van der Waals surface area contributed by atoms with E-state index in [4.69, 9.17) is 0 Å². The van der Waals surface area contributed by atoms with Gasteiger partial charge in [0.25, 0.3) is 0 Å². The second kappa shape index (κ2) is 2.88. The molecule has 0 bridgehead atoms. The molecule has 0 aliphatic rings. The van der Waals surface area contributed by atoms with Crippen LogP contribution in [0.25, 0.3) is 0 Å². The van der Waals surface area contributed by atoms with Crippen molar-refractivity contribution in [2.24, 2.45) is 0 Å². The Hall–Kier alpha value is 0.530. The summed E-state index contributed by atoms with van der Waals surface area (Å²) in [6.07, 6.45) is 0. The van der Waals surface area contributed by atoms with E-state index < -0.39 is 0 Å². The Kier molecular flexibility index (Phi) is 2.48. The summed E-state index contributed by atoms with van der Waals surface area (Å²) < 4.78 is 1.14. The zero-order chi connectivity index (χ0) is 7.78. The van der Waals surface area contributed by atoms with Gasteiger partial charge < -0.3 is 0 Å². The van der Waals surface area contributed by atoms with Crippen LogP contribution in [0.15, 0.2) is 15.9 Å². The third-order valence-corrected chi connectivity index (χ3v) is 3.58. The molecule has 0 N–H and O–H groups in total. The molecule has 1 rings (SSSR count). The largest absolute Gasteiger partial charge is 0.167 e. The van der Waals surface area contributed by atoms with E-state index in [1.807, 2.05) is 0 Å². The molecular formula is C7H9BrS2. The van der Waals surface area contributed by atoms with Crippen molar-refractivity contribution in [1.29, 1.82) is 0 Å². The molecule has 10 heavy (non-hydrogen) atoms. The van der Waals surface area contributed by atoms with Crippen molar-refractivity contribution in [1.82, 2.24) is 0 Å². The summed E-state index contributed by atoms with van der Waals surface area (Å²) in [6, 6.07) is 2.11. The molecule has 1 aromatic rings. The second-order valence-electron chi connectivity index (χ2n) is 2.69. The van der Waals surface area contributed by atoms with E-state index in [1.54, 1.807) is 11.3 Å². The van der Waals surface area contributed by atoms with Crippen LogP contribution in [0.4, 0.5) is 0 Å². The van der Waals surface area contributed by atoms with E-state index in [-0.39, 0.29) is 4.75 Å². The minimum Gasteiger partial charge on any atom is -0.167 e. The van der Waals surface area contributed by atoms with Gasteiger partial charge in [-0.15, -0.1) is 11.3 Å². The van der Waals surface area contributed by atoms with E-state index in [0.717, 1.165) is 4.47 Å². The van der Waals surface area contributed by atoms with Crippen molar-refractivity contribution in [3.8, 4) is 0 Å². The molecule has 0 spiro atoms. The fourth-order valence-electron chi connectivity index (χ4n) is 0.634. The number of hydrogen-bond acceptors (Lipinski definition) is 2. The Morgan fingerprint density at radius 3 is 2.40 bits per heavy atom. The lowest BCUT2D eigenvalue weighted by Crippen LogP contribution is -2.03. The summed E-state index contributed by atoms with van der Waals surface area (Å²) in [5.41, 5.74) is 0. The van der Waals surface area contributed by atoms with Crippen LogP contribution in [-0.2, 0) is 4.75 Å². The number of halogens is 1. The lowest BCUT2D eigenvalue weighted by Gasteiger charge is -2.13. The number of thiol groups is 1. The van der Waals surface area contributed by atoms with Crippen molar-refractivity contribution < 1.29 is 0 Å². The predicted molar refractivity (Wildman–Crippen MR) is 54.0 cm³/mol. The molecule has 0 atom stereocenters. The molecule has 0 fully saturated rings. The van der Waals surface area contributed by atoms with Crippen molar-refractivity contribution >= 4 is 39.9 Å². The van der Waals surface area contributed by atoms with E-state index >= 15 is 0 Å². The van der Waals surface area contributed by atoms with Crippen LogP contribution < -0.4 is 0 Å². The quantitative estimate of drug-likeness (QED) is 0.708. The van der Waals surface area contributed by atoms with Gasteiger partial charge in [0.15, 0.2) is 0 Å². The molecule has 0 aromatic carbocycles. The van der Waals surface area contributed by atoms with Gasteiger partial charge in [0, 0.05) is 19.5 Å². The van der Waals surface area contributed by atoms with Crippen molar-refractivity contribution in [2.45, 2.75) is 18.6 Å². The molecule has 0 unspecified atom stereocenters. The molecule has 0 nitrogen and oxygen atoms in total. The van der Waals surface area contributed by atoms with Crippen LogP contribution in [0.3, 0.4) is 0 Å². The maximum absolute atomic E-state index is 4.45. The Morgan fingerprint density at radius 1 is 1.60 bits per heavy atom. The molecule has 0 amide bonds. The molecule has 0 aliphatic heterocycles. The minimum atomic E-state index is -0.00329. The topological polar surface area (TPSA) is 0 Å². The highest BCUT2D eigenvalue weighted by Gasteiger charge is 2.16. The minimum absolute atomic E-state index is 0.00329. The highest BCUT2D eigenvalue weighted by molar-refractivity contribution is 9.10. The van der Waals surface area contributed by atoms with E-state index in [9.17, 15) is 0 Å². The number of hydrogen-bond donors (Lipinski definition) is 1. The highest BCUT2D eigenvalue weighted by Crippen LogP contribution is 2.33. The van der Waals surface area contributed by atoms with Gasteiger partial charge in [-0.25, -0.2) is 0 Å². The second-order valence-corrected chi connectivity index (χ2v) is 5.63. The SMILES string of the molecule is CC(C)(S)c1cc(Br)cs1. The monoisotopic (exact) mass is 236 g/mol. The molecule has 0 aliphatic carbocycles. The first-order valence-electron chi connectivity index (χ1n) is 2.97. The van der Waals surface area contributed by atoms with Gasteiger partial charge in [-0.05, 0) is 35.8 Å². The number of rotatable bonds is 1. The number of thiophene rings is 1. The first-order chi connectivity index (χ1) is 4.50. The zero-order valence-corrected chi connectivity index (χ0v) is 9.19. The summed E-state index contributed by atoms with van der Waals surface area (Å²) in [7, 11) is 0. The van der Waals surface area contributed by atoms with Crippen LogP contribution in [0.5, 0.6) is 0 Å². The van der Waals surface area contributed by atoms with Gasteiger partial charge in [0.05, 0.1) is 0 Å². The smallest absolute Gasteiger partial charge is 0.0415 e. The fraction of sp³-hybridized carbons (Fsp3) is 0.429. The van der Waals surface area contributed by atoms with Crippen LogP contribution in [-0.4, -0.2) is 0 Å². The van der Waals surface area contributed by atoms with E-state index in [0.29, 0.717) is 0 Å². The van der Waals surface area contributed by atoms with Crippen LogP contribution >= 0.6 is 39.9 Å². The molecule has 1 aromatic heterocycles. The third-order valence-electron chi connectivity index (χ3n) is 1.17. The van der Waals surface area contributed by atoms with E-state index in [2.05, 4.69) is 53.9 Å². The lowest BCUT2D eigenvalue weighted by atomic mass is 10.2. The van der Waals surface area contributed by atoms with Crippen LogP contribution in [0, 0.1) is 0 Å². The summed E-state index contributed by atoms with van der Waals surface area (Å²) in [4.78, 5) is 1.29. The molecule has 3 heteroatoms. The Bertz CT molecular complexity index is 222. The molecule has 0 saturated heterocycles. The van der Waals surface area contributed by atoms with Crippen molar-refractivity contribution in [3.63, 3.8) is 0 Å². The van der Waals surface area contributed by atoms with Gasteiger partial charge >= 0.3 is 0 Å². The molecule has 0 radical (unpaired) electrons. The predicted octanol–water partition coefficient (Wildman–Crippen LogP) is 3.68. The Balaban J connectivity index is 2.96. The van der Waals surface area contributed by atoms with Gasteiger partial charge in [0.1, 0.15) is 0 Å². The van der Waals surface area contributed by atoms with Crippen molar-refractivity contribution in [3.05, 3.63) is 20.8 Å². The first kappa shape index (κ1) is 8.62. The molecular weight excluding hydrogens is 228 g/mol. The van der Waals surface area contributed by atoms with Gasteiger partial charge in [0.2, 0.25) is 0 Å². The zero-order valence-electron chi connectivity index (χ0n) is 5.89. The van der Waals surface area contributed by atoms with Crippen LogP contribution in [0.1, 0.15) is 18.7 Å². The van der Waals surface area contributed by atoms with Gasteiger partial charge in [-0.3, -0.25) is 0 Å². The summed E-state index contributed by atoms with van der Waals surface area (Å²) in [6.45, 7) is 4.18. The molecule has 0 saturated carbocycles. The molecule has 1 heterocycles. The third kappa shape index (κ3) is 2.01.